The Kier molecular flexibility index (Phi) is 12.1. The number of carboxylic acid groups (broad SMARTS) is 1. The van der Waals surface area contributed by atoms with Crippen molar-refractivity contribution in [2.45, 2.75) is 26.2 Å². The van der Waals surface area contributed by atoms with Gasteiger partial charge in [0.2, 0.25) is 0 Å². The zero-order chi connectivity index (χ0) is 8.69. The third kappa shape index (κ3) is 10.6. The molecule has 12 heavy (non-hydrogen) atoms. The van der Waals surface area contributed by atoms with E-state index in [0.717, 1.165) is 12.8 Å². The van der Waals surface area contributed by atoms with Crippen LogP contribution in [0.25, 0.3) is 0 Å². The van der Waals surface area contributed by atoms with E-state index in [4.69, 9.17) is 5.11 Å². The van der Waals surface area contributed by atoms with E-state index < -0.39 is 18.4 Å². The van der Waals surface area contributed by atoms with Gasteiger partial charge in [0, 0.05) is 0 Å². The van der Waals surface area contributed by atoms with Gasteiger partial charge < -0.3 is 9.84 Å². The number of esters is 1. The first-order chi connectivity index (χ1) is 5.16. The predicted octanol–water partition coefficient (Wildman–Crippen LogP) is 0.156. The van der Waals surface area contributed by atoms with Crippen LogP contribution in [0.4, 0.5) is 0 Å². The molecule has 0 heterocycles. The van der Waals surface area contributed by atoms with Crippen LogP contribution in [0.3, 0.4) is 0 Å². The van der Waals surface area contributed by atoms with Crippen molar-refractivity contribution in [1.29, 1.82) is 0 Å². The van der Waals surface area contributed by atoms with Gasteiger partial charge in [-0.05, 0) is 6.42 Å². The molecule has 0 saturated heterocycles. The fraction of sp³-hybridized carbons (Fsp3) is 0.714. The molecule has 66 valence electrons. The van der Waals surface area contributed by atoms with Crippen molar-refractivity contribution >= 4 is 63.3 Å². The molecule has 5 heteroatoms. The van der Waals surface area contributed by atoms with Crippen molar-refractivity contribution in [3.63, 3.8) is 0 Å². The standard InChI is InChI=1S/C7H12O4.K.H/c1-2-3-4-11-7(10)5-6(8)9;;/h2-5H2,1H3,(H,8,9);;. The van der Waals surface area contributed by atoms with Gasteiger partial charge in [0.1, 0.15) is 6.42 Å². The Bertz CT molecular complexity index is 146. The first kappa shape index (κ1) is 15.1. The number of rotatable bonds is 5. The van der Waals surface area contributed by atoms with Crippen molar-refractivity contribution in [3.8, 4) is 0 Å². The number of carbonyl (C=O) groups is 2. The molecule has 0 aliphatic rings. The summed E-state index contributed by atoms with van der Waals surface area (Å²) >= 11 is 0. The van der Waals surface area contributed by atoms with E-state index in [1.165, 1.54) is 0 Å². The van der Waals surface area contributed by atoms with Crippen LogP contribution in [0.2, 0.25) is 0 Å². The molecule has 0 radical (unpaired) electrons. The van der Waals surface area contributed by atoms with Crippen LogP contribution in [-0.2, 0) is 14.3 Å². The Hall–Kier alpha value is 0.576. The van der Waals surface area contributed by atoms with E-state index >= 15 is 0 Å². The summed E-state index contributed by atoms with van der Waals surface area (Å²) in [5.74, 6) is -1.81. The normalized spacial score (nSPS) is 8.42. The van der Waals surface area contributed by atoms with Crippen LogP contribution >= 0.6 is 0 Å². The quantitative estimate of drug-likeness (QED) is 0.297. The molecule has 0 bridgehead atoms. The third-order valence-electron chi connectivity index (χ3n) is 1.06. The second kappa shape index (κ2) is 9.66. The summed E-state index contributed by atoms with van der Waals surface area (Å²) in [5.41, 5.74) is 0. The van der Waals surface area contributed by atoms with Crippen LogP contribution in [0.5, 0.6) is 0 Å². The van der Waals surface area contributed by atoms with Gasteiger partial charge in [-0.2, -0.15) is 0 Å². The Morgan fingerprint density at radius 3 is 2.42 bits per heavy atom. The summed E-state index contributed by atoms with van der Waals surface area (Å²) in [4.78, 5) is 20.5. The summed E-state index contributed by atoms with van der Waals surface area (Å²) < 4.78 is 4.57. The zero-order valence-electron chi connectivity index (χ0n) is 6.50. The van der Waals surface area contributed by atoms with E-state index in [2.05, 4.69) is 4.74 Å². The number of hydrogen-bond acceptors (Lipinski definition) is 3. The van der Waals surface area contributed by atoms with Gasteiger partial charge in [-0.25, -0.2) is 0 Å². The topological polar surface area (TPSA) is 63.6 Å². The minimum atomic E-state index is -1.15. The van der Waals surface area contributed by atoms with E-state index in [0.29, 0.717) is 6.61 Å². The summed E-state index contributed by atoms with van der Waals surface area (Å²) in [6, 6.07) is 0. The molecule has 0 saturated carbocycles. The Morgan fingerprint density at radius 2 is 2.00 bits per heavy atom. The van der Waals surface area contributed by atoms with Crippen molar-refractivity contribution in [3.05, 3.63) is 0 Å². The third-order valence-corrected chi connectivity index (χ3v) is 1.06. The summed E-state index contributed by atoms with van der Waals surface area (Å²) in [6.45, 7) is 2.29. The van der Waals surface area contributed by atoms with Crippen LogP contribution in [0.1, 0.15) is 26.2 Å². The zero-order valence-corrected chi connectivity index (χ0v) is 6.50. The molecular formula is C7H13KO4. The first-order valence-corrected chi connectivity index (χ1v) is 3.54. The molecule has 0 amide bonds. The molecule has 0 aliphatic carbocycles. The summed E-state index contributed by atoms with van der Waals surface area (Å²) in [7, 11) is 0. The molecule has 0 aromatic rings. The fourth-order valence-corrected chi connectivity index (χ4v) is 0.505. The van der Waals surface area contributed by atoms with Gasteiger partial charge in [-0.3, -0.25) is 9.59 Å². The van der Waals surface area contributed by atoms with Gasteiger partial charge in [-0.1, -0.05) is 13.3 Å². The van der Waals surface area contributed by atoms with Crippen molar-refractivity contribution in [2.24, 2.45) is 0 Å². The van der Waals surface area contributed by atoms with Crippen LogP contribution in [0.15, 0.2) is 0 Å². The molecule has 4 nitrogen and oxygen atoms in total. The van der Waals surface area contributed by atoms with E-state index in [1.807, 2.05) is 6.92 Å². The molecule has 0 fully saturated rings. The predicted molar refractivity (Wildman–Crippen MR) is 45.3 cm³/mol. The van der Waals surface area contributed by atoms with Gasteiger partial charge in [0.25, 0.3) is 0 Å². The molecule has 0 unspecified atom stereocenters. The Labute approximate surface area is 114 Å². The Balaban J connectivity index is 0. The summed E-state index contributed by atoms with van der Waals surface area (Å²) in [5, 5.41) is 8.14. The minimum absolute atomic E-state index is 0. The number of aliphatic carboxylic acids is 1. The number of ether oxygens (including phenoxy) is 1. The molecular weight excluding hydrogens is 187 g/mol. The van der Waals surface area contributed by atoms with Gasteiger partial charge in [0.15, 0.2) is 0 Å². The van der Waals surface area contributed by atoms with E-state index in [-0.39, 0.29) is 51.4 Å². The van der Waals surface area contributed by atoms with Crippen LogP contribution < -0.4 is 0 Å². The second-order valence-electron chi connectivity index (χ2n) is 2.14. The maximum absolute atomic E-state index is 10.5. The SMILES string of the molecule is CCCCOC(=O)CC(=O)O.[KH]. The number of hydrogen-bond donors (Lipinski definition) is 1. The number of carboxylic acids is 1. The van der Waals surface area contributed by atoms with Gasteiger partial charge in [0.05, 0.1) is 6.61 Å². The monoisotopic (exact) mass is 200 g/mol. The van der Waals surface area contributed by atoms with Gasteiger partial charge in [-0.15, -0.1) is 0 Å². The summed E-state index contributed by atoms with van der Waals surface area (Å²) in [6.07, 6.45) is 1.18. The molecule has 0 rings (SSSR count). The van der Waals surface area contributed by atoms with Crippen LogP contribution in [-0.4, -0.2) is 75.0 Å². The molecule has 0 aliphatic heterocycles. The number of carbonyl (C=O) groups excluding carboxylic acids is 1. The van der Waals surface area contributed by atoms with E-state index in [1.54, 1.807) is 0 Å². The fourth-order valence-electron chi connectivity index (χ4n) is 0.505. The average molecular weight is 200 g/mol. The molecule has 0 aromatic carbocycles. The second-order valence-corrected chi connectivity index (χ2v) is 2.14. The molecule has 0 aromatic heterocycles. The van der Waals surface area contributed by atoms with E-state index in [9.17, 15) is 9.59 Å². The average Bonchev–Trinajstić information content (AvgIpc) is 1.86. The van der Waals surface area contributed by atoms with Gasteiger partial charge >= 0.3 is 63.3 Å². The Morgan fingerprint density at radius 1 is 1.42 bits per heavy atom. The molecule has 1 N–H and O–H groups in total. The molecule has 0 spiro atoms. The maximum atomic E-state index is 10.5. The van der Waals surface area contributed by atoms with Crippen molar-refractivity contribution < 1.29 is 19.4 Å². The van der Waals surface area contributed by atoms with Crippen LogP contribution in [0, 0.1) is 0 Å². The molecule has 0 atom stereocenters. The van der Waals surface area contributed by atoms with Crippen molar-refractivity contribution in [2.75, 3.05) is 6.61 Å². The number of unbranched alkanes of at least 4 members (excludes halogenated alkanes) is 1. The first-order valence-electron chi connectivity index (χ1n) is 3.54. The van der Waals surface area contributed by atoms with Crippen molar-refractivity contribution in [1.82, 2.24) is 0 Å².